The van der Waals surface area contributed by atoms with Crippen LogP contribution >= 0.6 is 0 Å². The zero-order valence-corrected chi connectivity index (χ0v) is 14.9. The third kappa shape index (κ3) is 2.99. The van der Waals surface area contributed by atoms with Crippen LogP contribution in [0.2, 0.25) is 0 Å². The van der Waals surface area contributed by atoms with Gasteiger partial charge in [0.15, 0.2) is 5.69 Å². The molecule has 0 bridgehead atoms. The zero-order valence-electron chi connectivity index (χ0n) is 14.9. The summed E-state index contributed by atoms with van der Waals surface area (Å²) in [6.45, 7) is 4.58. The van der Waals surface area contributed by atoms with Crippen molar-refractivity contribution in [2.24, 2.45) is 0 Å². The molecular weight excluding hydrogens is 340 g/mol. The fraction of sp³-hybridized carbons (Fsp3) is 0.190. The molecule has 0 radical (unpaired) electrons. The van der Waals surface area contributed by atoms with E-state index in [2.05, 4.69) is 16.9 Å². The van der Waals surface area contributed by atoms with E-state index >= 15 is 0 Å². The smallest absolute Gasteiger partial charge is 0.294 e. The summed E-state index contributed by atoms with van der Waals surface area (Å²) < 4.78 is 1.68. The molecule has 0 saturated heterocycles. The number of para-hydroxylation sites is 1. The van der Waals surface area contributed by atoms with Gasteiger partial charge in [0.25, 0.3) is 11.8 Å². The molecule has 1 aromatic carbocycles. The Hall–Kier alpha value is -3.41. The number of nitrogens with one attached hydrogen (secondary N) is 1. The van der Waals surface area contributed by atoms with Crippen LogP contribution in [0.15, 0.2) is 61.3 Å². The summed E-state index contributed by atoms with van der Waals surface area (Å²) in [5.41, 5.74) is 2.92. The zero-order chi connectivity index (χ0) is 18.8. The summed E-state index contributed by atoms with van der Waals surface area (Å²) in [5, 5.41) is 2.73. The summed E-state index contributed by atoms with van der Waals surface area (Å²) in [7, 11) is 0. The third-order valence-corrected chi connectivity index (χ3v) is 4.72. The number of carbonyl (C=O) groups is 2. The number of amides is 2. The molecule has 0 unspecified atom stereocenters. The molecule has 3 aromatic rings. The van der Waals surface area contributed by atoms with Crippen LogP contribution in [0.1, 0.15) is 33.1 Å². The van der Waals surface area contributed by atoms with Crippen molar-refractivity contribution in [2.45, 2.75) is 12.8 Å². The number of aromatic nitrogens is 2. The van der Waals surface area contributed by atoms with Gasteiger partial charge in [-0.15, -0.1) is 6.58 Å². The van der Waals surface area contributed by atoms with Gasteiger partial charge in [-0.25, -0.2) is 4.98 Å². The fourth-order valence-corrected chi connectivity index (χ4v) is 3.47. The van der Waals surface area contributed by atoms with Gasteiger partial charge in [0.05, 0.1) is 5.52 Å². The molecule has 2 amide bonds. The van der Waals surface area contributed by atoms with Crippen LogP contribution in [0.4, 0.5) is 5.69 Å². The molecule has 1 N–H and O–H groups in total. The minimum absolute atomic E-state index is 0.203. The molecule has 27 heavy (non-hydrogen) atoms. The van der Waals surface area contributed by atoms with Crippen molar-refractivity contribution in [1.82, 2.24) is 14.7 Å². The van der Waals surface area contributed by atoms with E-state index in [1.807, 2.05) is 36.4 Å². The Balaban J connectivity index is 1.77. The fourth-order valence-electron chi connectivity index (χ4n) is 3.47. The maximum absolute atomic E-state index is 13.3. The maximum atomic E-state index is 13.3. The molecule has 4 rings (SSSR count). The number of anilines is 1. The Morgan fingerprint density at radius 2 is 2.00 bits per heavy atom. The average Bonchev–Trinajstić information content (AvgIpc) is 3.11. The average molecular weight is 360 g/mol. The molecule has 6 heteroatoms. The van der Waals surface area contributed by atoms with Crippen molar-refractivity contribution < 1.29 is 9.59 Å². The molecule has 1 aliphatic rings. The van der Waals surface area contributed by atoms with Gasteiger partial charge in [0.2, 0.25) is 5.82 Å². The van der Waals surface area contributed by atoms with Crippen molar-refractivity contribution in [3.8, 4) is 0 Å². The van der Waals surface area contributed by atoms with Crippen molar-refractivity contribution in [3.05, 3.63) is 78.4 Å². The summed E-state index contributed by atoms with van der Waals surface area (Å²) in [4.78, 5) is 32.0. The summed E-state index contributed by atoms with van der Waals surface area (Å²) in [5.74, 6) is -0.283. The van der Waals surface area contributed by atoms with Crippen molar-refractivity contribution in [3.63, 3.8) is 0 Å². The largest absolute Gasteiger partial charge is 0.347 e. The number of aryl methyl sites for hydroxylation is 1. The van der Waals surface area contributed by atoms with Crippen LogP contribution in [-0.2, 0) is 6.42 Å². The lowest BCUT2D eigenvalue weighted by Crippen LogP contribution is -2.36. The van der Waals surface area contributed by atoms with Gasteiger partial charge < -0.3 is 10.2 Å². The number of hydrogen-bond donors (Lipinski definition) is 1. The highest BCUT2D eigenvalue weighted by Crippen LogP contribution is 2.28. The second-order valence-electron chi connectivity index (χ2n) is 6.43. The number of rotatable bonds is 4. The molecule has 136 valence electrons. The standard InChI is InChI=1S/C21H20N4O2/c1-2-12-22-20(26)18-17-11-5-6-13-24(17)19(23-18)21(27)25-14-7-9-15-8-3-4-10-16(15)25/h2-6,8,10-11,13H,1,7,9,12,14H2,(H,22,26). The minimum Gasteiger partial charge on any atom is -0.347 e. The van der Waals surface area contributed by atoms with E-state index in [-0.39, 0.29) is 23.3 Å². The Bertz CT molecular complexity index is 1040. The Morgan fingerprint density at radius 3 is 2.85 bits per heavy atom. The molecule has 0 atom stereocenters. The van der Waals surface area contributed by atoms with E-state index in [0.717, 1.165) is 24.1 Å². The number of carbonyl (C=O) groups excluding carboxylic acids is 2. The molecular formula is C21H20N4O2. The first kappa shape index (κ1) is 17.0. The Morgan fingerprint density at radius 1 is 1.19 bits per heavy atom. The predicted octanol–water partition coefficient (Wildman–Crippen LogP) is 2.84. The lowest BCUT2D eigenvalue weighted by Gasteiger charge is -2.28. The lowest BCUT2D eigenvalue weighted by atomic mass is 10.0. The van der Waals surface area contributed by atoms with E-state index in [4.69, 9.17) is 0 Å². The highest BCUT2D eigenvalue weighted by atomic mass is 16.2. The summed E-state index contributed by atoms with van der Waals surface area (Å²) in [6, 6.07) is 13.4. The monoisotopic (exact) mass is 360 g/mol. The number of pyridine rings is 1. The van der Waals surface area contributed by atoms with Gasteiger partial charge in [0.1, 0.15) is 0 Å². The van der Waals surface area contributed by atoms with E-state index < -0.39 is 0 Å². The van der Waals surface area contributed by atoms with Crippen LogP contribution in [-0.4, -0.2) is 34.3 Å². The quantitative estimate of drug-likeness (QED) is 0.728. The van der Waals surface area contributed by atoms with E-state index in [1.165, 1.54) is 0 Å². The first-order valence-electron chi connectivity index (χ1n) is 8.96. The van der Waals surface area contributed by atoms with Gasteiger partial charge in [-0.05, 0) is 36.6 Å². The third-order valence-electron chi connectivity index (χ3n) is 4.72. The second kappa shape index (κ2) is 7.07. The SMILES string of the molecule is C=CCNC(=O)c1nc(C(=O)N2CCCc3ccccc32)n2ccccc12. The first-order valence-corrected chi connectivity index (χ1v) is 8.96. The highest BCUT2D eigenvalue weighted by Gasteiger charge is 2.28. The maximum Gasteiger partial charge on any atom is 0.294 e. The van der Waals surface area contributed by atoms with E-state index in [0.29, 0.717) is 18.6 Å². The molecule has 0 aliphatic carbocycles. The molecule has 0 spiro atoms. The van der Waals surface area contributed by atoms with Gasteiger partial charge >= 0.3 is 0 Å². The topological polar surface area (TPSA) is 66.7 Å². The first-order chi connectivity index (χ1) is 13.2. The van der Waals surface area contributed by atoms with Crippen LogP contribution in [0.5, 0.6) is 0 Å². The van der Waals surface area contributed by atoms with Crippen LogP contribution in [0.3, 0.4) is 0 Å². The summed E-state index contributed by atoms with van der Waals surface area (Å²) in [6.07, 6.45) is 5.22. The molecule has 1 aliphatic heterocycles. The summed E-state index contributed by atoms with van der Waals surface area (Å²) >= 11 is 0. The van der Waals surface area contributed by atoms with E-state index in [9.17, 15) is 9.59 Å². The minimum atomic E-state index is -0.323. The number of hydrogen-bond acceptors (Lipinski definition) is 3. The Kier molecular flexibility index (Phi) is 4.46. The van der Waals surface area contributed by atoms with Crippen LogP contribution in [0.25, 0.3) is 5.52 Å². The van der Waals surface area contributed by atoms with Crippen LogP contribution < -0.4 is 10.2 Å². The van der Waals surface area contributed by atoms with Crippen molar-refractivity contribution in [2.75, 3.05) is 18.0 Å². The second-order valence-corrected chi connectivity index (χ2v) is 6.43. The van der Waals surface area contributed by atoms with Gasteiger partial charge in [0, 0.05) is 25.0 Å². The van der Waals surface area contributed by atoms with Gasteiger partial charge in [-0.1, -0.05) is 30.3 Å². The number of benzene rings is 1. The van der Waals surface area contributed by atoms with Crippen molar-refractivity contribution in [1.29, 1.82) is 0 Å². The number of nitrogens with zero attached hydrogens (tertiary/aromatic N) is 3. The molecule has 3 heterocycles. The molecule has 6 nitrogen and oxygen atoms in total. The lowest BCUT2D eigenvalue weighted by molar-refractivity contribution is 0.0955. The highest BCUT2D eigenvalue weighted by molar-refractivity contribution is 6.07. The molecule has 2 aromatic heterocycles. The predicted molar refractivity (Wildman–Crippen MR) is 104 cm³/mol. The Labute approximate surface area is 157 Å². The van der Waals surface area contributed by atoms with Gasteiger partial charge in [-0.3, -0.25) is 14.0 Å². The van der Waals surface area contributed by atoms with E-state index in [1.54, 1.807) is 27.6 Å². The number of imidazole rings is 1. The normalized spacial score (nSPS) is 13.3. The molecule has 0 saturated carbocycles. The molecule has 0 fully saturated rings. The van der Waals surface area contributed by atoms with Crippen molar-refractivity contribution >= 4 is 23.0 Å². The van der Waals surface area contributed by atoms with Crippen LogP contribution in [0, 0.1) is 0 Å². The number of fused-ring (bicyclic) bond motifs is 2. The van der Waals surface area contributed by atoms with Gasteiger partial charge in [-0.2, -0.15) is 0 Å².